The molecule has 150 valence electrons. The number of imidazole rings is 1. The van der Waals surface area contributed by atoms with Gasteiger partial charge in [-0.05, 0) is 69.7 Å². The first-order valence-corrected chi connectivity index (χ1v) is 11.7. The van der Waals surface area contributed by atoms with Crippen molar-refractivity contribution in [3.8, 4) is 0 Å². The van der Waals surface area contributed by atoms with E-state index >= 15 is 0 Å². The van der Waals surface area contributed by atoms with Gasteiger partial charge in [0.1, 0.15) is 5.82 Å². The zero-order valence-electron chi connectivity index (χ0n) is 16.8. The van der Waals surface area contributed by atoms with E-state index < -0.39 is 5.54 Å². The highest BCUT2D eigenvalue weighted by molar-refractivity contribution is 7.99. The van der Waals surface area contributed by atoms with Crippen molar-refractivity contribution in [2.24, 2.45) is 23.7 Å². The Hall–Kier alpha value is -1.53. The molecule has 1 aliphatic heterocycles. The van der Waals surface area contributed by atoms with E-state index in [1.807, 2.05) is 18.0 Å². The van der Waals surface area contributed by atoms with Gasteiger partial charge >= 0.3 is 0 Å². The molecule has 3 aliphatic rings. The number of carbonyl (C=O) groups is 1. The van der Waals surface area contributed by atoms with E-state index in [-0.39, 0.29) is 11.8 Å². The van der Waals surface area contributed by atoms with Crippen molar-refractivity contribution in [2.75, 3.05) is 18.8 Å². The Morgan fingerprint density at radius 3 is 2.82 bits per heavy atom. The molecule has 3 atom stereocenters. The Balaban J connectivity index is 1.33. The Kier molecular flexibility index (Phi) is 4.67. The van der Waals surface area contributed by atoms with Crippen LogP contribution in [0.1, 0.15) is 45.4 Å². The number of fused-ring (bicyclic) bond motifs is 2. The molecular formula is C22H30N4OS. The summed E-state index contributed by atoms with van der Waals surface area (Å²) in [6, 6.07) is 4.30. The predicted molar refractivity (Wildman–Crippen MR) is 112 cm³/mol. The van der Waals surface area contributed by atoms with Crippen molar-refractivity contribution in [1.29, 1.82) is 0 Å². The summed E-state index contributed by atoms with van der Waals surface area (Å²) in [5.74, 6) is 4.39. The first-order chi connectivity index (χ1) is 13.5. The molecule has 3 heterocycles. The normalized spacial score (nSPS) is 27.3. The molecule has 3 fully saturated rings. The predicted octanol–water partition coefficient (Wildman–Crippen LogP) is 3.43. The number of thioether (sulfide) groups is 1. The molecule has 2 N–H and O–H groups in total. The van der Waals surface area contributed by atoms with Crippen LogP contribution in [0.5, 0.6) is 0 Å². The number of nitrogens with zero attached hydrogens (tertiary/aromatic N) is 2. The van der Waals surface area contributed by atoms with Gasteiger partial charge in [-0.2, -0.15) is 0 Å². The van der Waals surface area contributed by atoms with Gasteiger partial charge in [-0.15, -0.1) is 11.8 Å². The third-order valence-corrected chi connectivity index (χ3v) is 8.16. The van der Waals surface area contributed by atoms with Crippen LogP contribution in [-0.2, 0) is 10.3 Å². The van der Waals surface area contributed by atoms with Crippen molar-refractivity contribution < 1.29 is 4.79 Å². The maximum Gasteiger partial charge on any atom is 0.224 e. The van der Waals surface area contributed by atoms with Crippen LogP contribution >= 0.6 is 11.8 Å². The monoisotopic (exact) mass is 398 g/mol. The van der Waals surface area contributed by atoms with E-state index in [2.05, 4.69) is 47.2 Å². The summed E-state index contributed by atoms with van der Waals surface area (Å²) < 4.78 is 2.16. The molecule has 0 unspecified atom stereocenters. The Bertz CT molecular complexity index is 876. The Morgan fingerprint density at radius 2 is 2.07 bits per heavy atom. The number of amides is 1. The summed E-state index contributed by atoms with van der Waals surface area (Å²) in [7, 11) is 0. The molecule has 2 aromatic heterocycles. The fourth-order valence-electron chi connectivity index (χ4n) is 5.22. The van der Waals surface area contributed by atoms with Crippen LogP contribution in [0, 0.1) is 23.7 Å². The summed E-state index contributed by atoms with van der Waals surface area (Å²) >= 11 is 1.96. The van der Waals surface area contributed by atoms with Crippen molar-refractivity contribution in [1.82, 2.24) is 20.0 Å². The summed E-state index contributed by atoms with van der Waals surface area (Å²) in [5.41, 5.74) is 0.651. The molecule has 5 rings (SSSR count). The average Bonchev–Trinajstić information content (AvgIpc) is 3.18. The Labute approximate surface area is 171 Å². The molecule has 6 heteroatoms. The molecule has 0 bridgehead atoms. The van der Waals surface area contributed by atoms with E-state index in [9.17, 15) is 4.79 Å². The molecule has 0 spiro atoms. The van der Waals surface area contributed by atoms with Crippen LogP contribution < -0.4 is 10.6 Å². The largest absolute Gasteiger partial charge is 0.344 e. The molecule has 2 aromatic rings. The summed E-state index contributed by atoms with van der Waals surface area (Å²) in [4.78, 5) is 18.8. The highest BCUT2D eigenvalue weighted by Crippen LogP contribution is 2.49. The number of piperidine rings is 1. The van der Waals surface area contributed by atoms with Gasteiger partial charge in [0.25, 0.3) is 0 Å². The number of pyridine rings is 1. The van der Waals surface area contributed by atoms with E-state index in [0.717, 1.165) is 30.3 Å². The summed E-state index contributed by atoms with van der Waals surface area (Å²) in [6.45, 7) is 6.09. The fraction of sp³-hybridized carbons (Fsp3) is 0.636. The number of aromatic nitrogens is 2. The average molecular weight is 399 g/mol. The lowest BCUT2D eigenvalue weighted by atomic mass is 10.0. The lowest BCUT2D eigenvalue weighted by Gasteiger charge is -2.26. The molecule has 5 nitrogen and oxygen atoms in total. The molecule has 2 saturated carbocycles. The van der Waals surface area contributed by atoms with Gasteiger partial charge in [0, 0.05) is 22.8 Å². The van der Waals surface area contributed by atoms with Crippen molar-refractivity contribution in [2.45, 2.75) is 50.0 Å². The lowest BCUT2D eigenvalue weighted by Crippen LogP contribution is -2.44. The van der Waals surface area contributed by atoms with E-state index in [0.29, 0.717) is 11.8 Å². The minimum Gasteiger partial charge on any atom is -0.344 e. The topological polar surface area (TPSA) is 58.4 Å². The zero-order valence-corrected chi connectivity index (χ0v) is 17.6. The molecule has 2 aliphatic carbocycles. The zero-order chi connectivity index (χ0) is 19.3. The van der Waals surface area contributed by atoms with E-state index in [1.54, 1.807) is 0 Å². The van der Waals surface area contributed by atoms with Crippen LogP contribution in [0.25, 0.3) is 5.52 Å². The third-order valence-electron chi connectivity index (χ3n) is 6.87. The highest BCUT2D eigenvalue weighted by atomic mass is 32.2. The van der Waals surface area contributed by atoms with Crippen molar-refractivity contribution >= 4 is 23.2 Å². The van der Waals surface area contributed by atoms with Crippen LogP contribution in [0.2, 0.25) is 0 Å². The third kappa shape index (κ3) is 3.24. The van der Waals surface area contributed by atoms with Crippen molar-refractivity contribution in [3.05, 3.63) is 30.4 Å². The van der Waals surface area contributed by atoms with Crippen LogP contribution in [0.15, 0.2) is 29.4 Å². The fourth-order valence-corrected chi connectivity index (χ4v) is 6.44. The number of rotatable bonds is 6. The molecule has 0 radical (unpaired) electrons. The minimum absolute atomic E-state index is 0.185. The van der Waals surface area contributed by atoms with E-state index in [4.69, 9.17) is 4.98 Å². The van der Waals surface area contributed by atoms with Gasteiger partial charge in [-0.25, -0.2) is 4.98 Å². The van der Waals surface area contributed by atoms with Crippen LogP contribution in [0.3, 0.4) is 0 Å². The lowest BCUT2D eigenvalue weighted by molar-refractivity contribution is -0.124. The maximum absolute atomic E-state index is 12.8. The number of nitrogens with one attached hydrogen (secondary N) is 2. The standard InChI is InChI=1S/C22H30N4OS/c1-22(2,25-20(27)19-15-10-23-11-16(15)19)21-24-12-17-18(8-5-9-26(17)21)28-13-14-6-3-4-7-14/h5,8-9,12,14-16,19,23H,3-4,6-7,10-11,13H2,1-2H3,(H,25,27)/t15-,16+,19+. The van der Waals surface area contributed by atoms with Crippen molar-refractivity contribution in [3.63, 3.8) is 0 Å². The molecular weight excluding hydrogens is 368 g/mol. The van der Waals surface area contributed by atoms with Gasteiger partial charge < -0.3 is 15.0 Å². The summed E-state index contributed by atoms with van der Waals surface area (Å²) in [5, 5.41) is 6.64. The van der Waals surface area contributed by atoms with Crippen LogP contribution in [-0.4, -0.2) is 34.1 Å². The van der Waals surface area contributed by atoms with E-state index in [1.165, 1.54) is 36.3 Å². The van der Waals surface area contributed by atoms with Gasteiger partial charge in [0.2, 0.25) is 5.91 Å². The second-order valence-corrected chi connectivity index (χ2v) is 10.4. The Morgan fingerprint density at radius 1 is 1.32 bits per heavy atom. The molecule has 1 saturated heterocycles. The molecule has 1 amide bonds. The molecule has 0 aromatic carbocycles. The van der Waals surface area contributed by atoms with Gasteiger partial charge in [-0.1, -0.05) is 12.8 Å². The second-order valence-electron chi connectivity index (χ2n) is 9.30. The minimum atomic E-state index is -0.497. The smallest absolute Gasteiger partial charge is 0.224 e. The van der Waals surface area contributed by atoms with Gasteiger partial charge in [0.15, 0.2) is 0 Å². The summed E-state index contributed by atoms with van der Waals surface area (Å²) in [6.07, 6.45) is 9.56. The van der Waals surface area contributed by atoms with Crippen LogP contribution in [0.4, 0.5) is 0 Å². The number of carbonyl (C=O) groups excluding carboxylic acids is 1. The second kappa shape index (κ2) is 7.06. The quantitative estimate of drug-likeness (QED) is 0.732. The number of hydrogen-bond donors (Lipinski definition) is 2. The highest BCUT2D eigenvalue weighted by Gasteiger charge is 2.57. The van der Waals surface area contributed by atoms with Gasteiger partial charge in [-0.3, -0.25) is 4.79 Å². The van der Waals surface area contributed by atoms with Gasteiger partial charge in [0.05, 0.1) is 17.3 Å². The molecule has 28 heavy (non-hydrogen) atoms. The first kappa shape index (κ1) is 18.5. The first-order valence-electron chi connectivity index (χ1n) is 10.7. The maximum atomic E-state index is 12.8. The SMILES string of the molecule is CC(C)(NC(=O)[C@H]1[C@@H]2CNC[C@@H]21)c1ncc2c(SCC3CCCC3)cccn12. The number of hydrogen-bond acceptors (Lipinski definition) is 4.